The molecule has 1 aromatic rings. The first kappa shape index (κ1) is 17.9. The van der Waals surface area contributed by atoms with Gasteiger partial charge < -0.3 is 10.2 Å². The summed E-state index contributed by atoms with van der Waals surface area (Å²) in [5, 5.41) is 3.41. The number of hydrogen-bond donors (Lipinski definition) is 1. The Balaban J connectivity index is 1.38. The van der Waals surface area contributed by atoms with E-state index >= 15 is 0 Å². The SMILES string of the molecule is O=C1CC[C@H]2CN(Cc3ccccc3F)CC[C@H]2N1CC1CCNCC1. The first-order valence-electron chi connectivity index (χ1n) is 10.2. The number of nitrogens with zero attached hydrogens (tertiary/aromatic N) is 2. The number of likely N-dealkylation sites (tertiary alicyclic amines) is 2. The van der Waals surface area contributed by atoms with E-state index < -0.39 is 0 Å². The Morgan fingerprint density at radius 2 is 1.92 bits per heavy atom. The van der Waals surface area contributed by atoms with E-state index in [1.807, 2.05) is 12.1 Å². The highest BCUT2D eigenvalue weighted by molar-refractivity contribution is 5.77. The van der Waals surface area contributed by atoms with Gasteiger partial charge in [0, 0.05) is 44.2 Å². The molecule has 0 unspecified atom stereocenters. The number of halogens is 1. The van der Waals surface area contributed by atoms with Crippen molar-refractivity contribution in [3.8, 4) is 0 Å². The maximum absolute atomic E-state index is 14.0. The van der Waals surface area contributed by atoms with Crippen molar-refractivity contribution in [2.75, 3.05) is 32.7 Å². The minimum atomic E-state index is -0.110. The smallest absolute Gasteiger partial charge is 0.222 e. The van der Waals surface area contributed by atoms with Crippen molar-refractivity contribution < 1.29 is 9.18 Å². The molecule has 3 fully saturated rings. The van der Waals surface area contributed by atoms with Crippen LogP contribution in [0.4, 0.5) is 4.39 Å². The van der Waals surface area contributed by atoms with Crippen LogP contribution in [0.5, 0.6) is 0 Å². The first-order chi connectivity index (χ1) is 12.7. The van der Waals surface area contributed by atoms with Crippen molar-refractivity contribution in [2.24, 2.45) is 11.8 Å². The molecule has 142 valence electrons. The molecule has 5 heteroatoms. The van der Waals surface area contributed by atoms with Gasteiger partial charge in [-0.2, -0.15) is 0 Å². The molecular formula is C21H30FN3O. The summed E-state index contributed by atoms with van der Waals surface area (Å²) in [5.41, 5.74) is 0.782. The zero-order valence-corrected chi connectivity index (χ0v) is 15.5. The van der Waals surface area contributed by atoms with E-state index in [-0.39, 0.29) is 5.82 Å². The van der Waals surface area contributed by atoms with Crippen molar-refractivity contribution in [1.82, 2.24) is 15.1 Å². The Kier molecular flexibility index (Phi) is 5.55. The average molecular weight is 359 g/mol. The van der Waals surface area contributed by atoms with Gasteiger partial charge in [-0.3, -0.25) is 9.69 Å². The molecule has 3 aliphatic heterocycles. The maximum atomic E-state index is 14.0. The number of carbonyl (C=O) groups excluding carboxylic acids is 1. The number of hydrogen-bond acceptors (Lipinski definition) is 3. The molecule has 0 bridgehead atoms. The molecule has 1 N–H and O–H groups in total. The number of rotatable bonds is 4. The fourth-order valence-electron chi connectivity index (χ4n) is 5.02. The quantitative estimate of drug-likeness (QED) is 0.898. The molecule has 4 rings (SSSR count). The molecule has 0 aliphatic carbocycles. The summed E-state index contributed by atoms with van der Waals surface area (Å²) >= 11 is 0. The van der Waals surface area contributed by atoms with Gasteiger partial charge in [0.25, 0.3) is 0 Å². The van der Waals surface area contributed by atoms with E-state index in [0.29, 0.717) is 36.8 Å². The fraction of sp³-hybridized carbons (Fsp3) is 0.667. The topological polar surface area (TPSA) is 35.6 Å². The zero-order chi connectivity index (χ0) is 17.9. The second kappa shape index (κ2) is 8.05. The van der Waals surface area contributed by atoms with E-state index in [2.05, 4.69) is 15.1 Å². The van der Waals surface area contributed by atoms with E-state index in [9.17, 15) is 9.18 Å². The summed E-state index contributed by atoms with van der Waals surface area (Å²) in [5.74, 6) is 1.43. The van der Waals surface area contributed by atoms with E-state index in [4.69, 9.17) is 0 Å². The van der Waals surface area contributed by atoms with Crippen LogP contribution in [0, 0.1) is 17.7 Å². The molecule has 1 aromatic carbocycles. The highest BCUT2D eigenvalue weighted by Crippen LogP contribution is 2.33. The minimum absolute atomic E-state index is 0.110. The van der Waals surface area contributed by atoms with Gasteiger partial charge in [-0.1, -0.05) is 18.2 Å². The molecule has 3 aliphatic rings. The third kappa shape index (κ3) is 3.94. The van der Waals surface area contributed by atoms with Gasteiger partial charge in [0.05, 0.1) is 0 Å². The molecule has 3 heterocycles. The van der Waals surface area contributed by atoms with Gasteiger partial charge in [0.1, 0.15) is 5.82 Å². The van der Waals surface area contributed by atoms with Gasteiger partial charge in [0.2, 0.25) is 5.91 Å². The Labute approximate surface area is 155 Å². The summed E-state index contributed by atoms with van der Waals surface area (Å²) in [7, 11) is 0. The highest BCUT2D eigenvalue weighted by atomic mass is 19.1. The minimum Gasteiger partial charge on any atom is -0.339 e. The number of amides is 1. The standard InChI is InChI=1S/C21H30FN3O/c22-19-4-2-1-3-17(19)14-24-12-9-20-18(15-24)5-6-21(26)25(20)13-16-7-10-23-11-8-16/h1-4,16,18,20,23H,5-15H2/t18-,20+/m0/s1. The Morgan fingerprint density at radius 1 is 1.12 bits per heavy atom. The lowest BCUT2D eigenvalue weighted by atomic mass is 9.82. The molecule has 1 amide bonds. The molecule has 0 spiro atoms. The van der Waals surface area contributed by atoms with E-state index in [1.165, 1.54) is 12.8 Å². The van der Waals surface area contributed by atoms with Crippen molar-refractivity contribution in [3.05, 3.63) is 35.6 Å². The summed E-state index contributed by atoms with van der Waals surface area (Å²) in [6.07, 6.45) is 5.05. The van der Waals surface area contributed by atoms with Crippen LogP contribution in [-0.2, 0) is 11.3 Å². The lowest BCUT2D eigenvalue weighted by molar-refractivity contribution is -0.142. The largest absolute Gasteiger partial charge is 0.339 e. The van der Waals surface area contributed by atoms with Crippen LogP contribution in [0.1, 0.15) is 37.7 Å². The third-order valence-corrected chi connectivity index (χ3v) is 6.49. The monoisotopic (exact) mass is 359 g/mol. The number of piperidine rings is 3. The second-order valence-corrected chi connectivity index (χ2v) is 8.22. The van der Waals surface area contributed by atoms with Crippen molar-refractivity contribution in [3.63, 3.8) is 0 Å². The molecule has 0 radical (unpaired) electrons. The van der Waals surface area contributed by atoms with Crippen LogP contribution in [0.3, 0.4) is 0 Å². The van der Waals surface area contributed by atoms with Gasteiger partial charge in [-0.05, 0) is 56.7 Å². The Hall–Kier alpha value is -1.46. The number of carbonyl (C=O) groups is 1. The lowest BCUT2D eigenvalue weighted by Gasteiger charge is -2.48. The summed E-state index contributed by atoms with van der Waals surface area (Å²) in [4.78, 5) is 17.2. The van der Waals surface area contributed by atoms with Crippen LogP contribution in [-0.4, -0.2) is 54.5 Å². The van der Waals surface area contributed by atoms with Gasteiger partial charge in [0.15, 0.2) is 0 Å². The van der Waals surface area contributed by atoms with Crippen LogP contribution < -0.4 is 5.32 Å². The fourth-order valence-corrected chi connectivity index (χ4v) is 5.02. The Bertz CT molecular complexity index is 631. The van der Waals surface area contributed by atoms with Crippen molar-refractivity contribution in [1.29, 1.82) is 0 Å². The average Bonchev–Trinajstić information content (AvgIpc) is 2.67. The van der Waals surface area contributed by atoms with Gasteiger partial charge in [-0.15, -0.1) is 0 Å². The van der Waals surface area contributed by atoms with Crippen LogP contribution in [0.25, 0.3) is 0 Å². The van der Waals surface area contributed by atoms with Crippen molar-refractivity contribution >= 4 is 5.91 Å². The van der Waals surface area contributed by atoms with E-state index in [1.54, 1.807) is 12.1 Å². The molecule has 0 aromatic heterocycles. The summed E-state index contributed by atoms with van der Waals surface area (Å²) in [6, 6.07) is 7.47. The summed E-state index contributed by atoms with van der Waals surface area (Å²) < 4.78 is 14.0. The molecule has 26 heavy (non-hydrogen) atoms. The van der Waals surface area contributed by atoms with Crippen LogP contribution in [0.15, 0.2) is 24.3 Å². The Morgan fingerprint density at radius 3 is 2.73 bits per heavy atom. The molecule has 0 saturated carbocycles. The number of nitrogens with one attached hydrogen (secondary N) is 1. The predicted octanol–water partition coefficient (Wildman–Crippen LogP) is 2.64. The predicted molar refractivity (Wildman–Crippen MR) is 100 cm³/mol. The normalized spacial score (nSPS) is 28.2. The number of benzene rings is 1. The molecule has 3 saturated heterocycles. The van der Waals surface area contributed by atoms with Gasteiger partial charge in [-0.25, -0.2) is 4.39 Å². The highest BCUT2D eigenvalue weighted by Gasteiger charge is 2.40. The van der Waals surface area contributed by atoms with Gasteiger partial charge >= 0.3 is 0 Å². The number of fused-ring (bicyclic) bond motifs is 1. The maximum Gasteiger partial charge on any atom is 0.222 e. The zero-order valence-electron chi connectivity index (χ0n) is 15.5. The van der Waals surface area contributed by atoms with Crippen molar-refractivity contribution in [2.45, 2.75) is 44.7 Å². The lowest BCUT2D eigenvalue weighted by Crippen LogP contribution is -2.57. The summed E-state index contributed by atoms with van der Waals surface area (Å²) in [6.45, 7) is 5.71. The molecule has 2 atom stereocenters. The third-order valence-electron chi connectivity index (χ3n) is 6.49. The van der Waals surface area contributed by atoms with Crippen LogP contribution >= 0.6 is 0 Å². The molecule has 4 nitrogen and oxygen atoms in total. The second-order valence-electron chi connectivity index (χ2n) is 8.22. The van der Waals surface area contributed by atoms with Crippen LogP contribution in [0.2, 0.25) is 0 Å². The molecular weight excluding hydrogens is 329 g/mol. The first-order valence-corrected chi connectivity index (χ1v) is 10.2. The van der Waals surface area contributed by atoms with E-state index in [0.717, 1.165) is 51.1 Å².